The van der Waals surface area contributed by atoms with Gasteiger partial charge in [-0.1, -0.05) is 11.6 Å². The highest BCUT2D eigenvalue weighted by Gasteiger charge is 2.19. The van der Waals surface area contributed by atoms with Crippen LogP contribution in [0.5, 0.6) is 0 Å². The molecule has 3 N–H and O–H groups in total. The van der Waals surface area contributed by atoms with E-state index in [1.807, 2.05) is 11.4 Å². The summed E-state index contributed by atoms with van der Waals surface area (Å²) in [7, 11) is 0. The second-order valence-corrected chi connectivity index (χ2v) is 6.06. The normalized spacial score (nSPS) is 18.1. The molecule has 1 aliphatic heterocycles. The molecule has 1 aromatic heterocycles. The molecule has 0 radical (unpaired) electrons. The number of rotatable bonds is 5. The summed E-state index contributed by atoms with van der Waals surface area (Å²) >= 11 is 7.56. The molecule has 0 unspecified atom stereocenters. The second-order valence-electron chi connectivity index (χ2n) is 4.63. The van der Waals surface area contributed by atoms with Crippen molar-refractivity contribution in [2.45, 2.75) is 25.4 Å². The summed E-state index contributed by atoms with van der Waals surface area (Å²) in [4.78, 5) is 14.2. The average molecular weight is 288 g/mol. The molecular weight excluding hydrogens is 270 g/mol. The number of likely N-dealkylation sites (tertiary alicyclic amines) is 1. The highest BCUT2D eigenvalue weighted by atomic mass is 35.5. The number of nitrogens with two attached hydrogens (primary N) is 1. The number of carbonyl (C=O) groups excluding carboxylic acids is 1. The number of amides is 1. The molecule has 0 aliphatic carbocycles. The summed E-state index contributed by atoms with van der Waals surface area (Å²) in [5, 5.41) is 6.30. The Labute approximate surface area is 116 Å². The van der Waals surface area contributed by atoms with Crippen molar-refractivity contribution in [3.8, 4) is 0 Å². The Hall–Kier alpha value is -0.620. The Bertz CT molecular complexity index is 402. The van der Waals surface area contributed by atoms with Crippen LogP contribution < -0.4 is 11.1 Å². The van der Waals surface area contributed by atoms with Crippen LogP contribution in [0.2, 0.25) is 5.02 Å². The van der Waals surface area contributed by atoms with Gasteiger partial charge in [-0.25, -0.2) is 0 Å². The smallest absolute Gasteiger partial charge is 0.231 e. The number of halogens is 1. The van der Waals surface area contributed by atoms with Gasteiger partial charge in [-0.3, -0.25) is 9.69 Å². The first-order chi connectivity index (χ1) is 8.63. The minimum absolute atomic E-state index is 0.241. The maximum absolute atomic E-state index is 10.8. The van der Waals surface area contributed by atoms with Crippen molar-refractivity contribution < 1.29 is 4.79 Å². The molecule has 4 nitrogen and oxygen atoms in total. The van der Waals surface area contributed by atoms with Crippen LogP contribution in [-0.2, 0) is 11.3 Å². The Morgan fingerprint density at radius 2 is 2.28 bits per heavy atom. The number of nitrogens with zero attached hydrogens (tertiary/aromatic N) is 1. The van der Waals surface area contributed by atoms with E-state index in [9.17, 15) is 4.79 Å². The van der Waals surface area contributed by atoms with Gasteiger partial charge in [0.1, 0.15) is 0 Å². The first kappa shape index (κ1) is 13.8. The van der Waals surface area contributed by atoms with Gasteiger partial charge >= 0.3 is 0 Å². The zero-order valence-electron chi connectivity index (χ0n) is 10.2. The van der Waals surface area contributed by atoms with Crippen LogP contribution in [0, 0.1) is 0 Å². The zero-order valence-corrected chi connectivity index (χ0v) is 11.8. The van der Waals surface area contributed by atoms with E-state index in [0.717, 1.165) is 37.5 Å². The van der Waals surface area contributed by atoms with Gasteiger partial charge in [0.2, 0.25) is 5.91 Å². The van der Waals surface area contributed by atoms with Gasteiger partial charge in [-0.2, -0.15) is 0 Å². The van der Waals surface area contributed by atoms with Crippen molar-refractivity contribution in [1.29, 1.82) is 0 Å². The summed E-state index contributed by atoms with van der Waals surface area (Å²) in [6.07, 6.45) is 2.12. The van der Waals surface area contributed by atoms with E-state index in [4.69, 9.17) is 17.3 Å². The Kier molecular flexibility index (Phi) is 5.00. The number of piperidine rings is 1. The molecule has 0 aromatic carbocycles. The maximum Gasteiger partial charge on any atom is 0.231 e. The third-order valence-corrected chi connectivity index (χ3v) is 4.44. The molecular formula is C12H18ClN3OS. The first-order valence-electron chi connectivity index (χ1n) is 6.10. The lowest BCUT2D eigenvalue weighted by Gasteiger charge is -2.31. The fraction of sp³-hybridized carbons (Fsp3) is 0.583. The lowest BCUT2D eigenvalue weighted by atomic mass is 10.1. The van der Waals surface area contributed by atoms with E-state index in [-0.39, 0.29) is 5.91 Å². The van der Waals surface area contributed by atoms with Gasteiger partial charge in [-0.15, -0.1) is 11.3 Å². The predicted molar refractivity (Wildman–Crippen MR) is 74.8 cm³/mol. The molecule has 6 heteroatoms. The minimum Gasteiger partial charge on any atom is -0.369 e. The number of hydrogen-bond donors (Lipinski definition) is 2. The number of nitrogens with one attached hydrogen (secondary N) is 1. The van der Waals surface area contributed by atoms with E-state index >= 15 is 0 Å². The molecule has 1 aromatic rings. The number of thiophene rings is 1. The first-order valence-corrected chi connectivity index (χ1v) is 7.36. The van der Waals surface area contributed by atoms with Crippen LogP contribution >= 0.6 is 22.9 Å². The fourth-order valence-corrected chi connectivity index (χ4v) is 3.23. The molecule has 2 heterocycles. The predicted octanol–water partition coefficient (Wildman–Crippen LogP) is 1.44. The summed E-state index contributed by atoms with van der Waals surface area (Å²) in [5.74, 6) is -0.241. The van der Waals surface area contributed by atoms with Gasteiger partial charge in [0.05, 0.1) is 11.6 Å². The third kappa shape index (κ3) is 4.24. The van der Waals surface area contributed by atoms with Crippen molar-refractivity contribution in [2.24, 2.45) is 5.73 Å². The topological polar surface area (TPSA) is 58.4 Å². The maximum atomic E-state index is 10.8. The van der Waals surface area contributed by atoms with Gasteiger partial charge < -0.3 is 11.1 Å². The zero-order chi connectivity index (χ0) is 13.0. The molecule has 0 atom stereocenters. The van der Waals surface area contributed by atoms with Crippen molar-refractivity contribution in [3.63, 3.8) is 0 Å². The van der Waals surface area contributed by atoms with Crippen LogP contribution in [-0.4, -0.2) is 36.5 Å². The number of primary amides is 1. The van der Waals surface area contributed by atoms with Crippen LogP contribution in [0.4, 0.5) is 0 Å². The van der Waals surface area contributed by atoms with Crippen molar-refractivity contribution in [2.75, 3.05) is 19.6 Å². The van der Waals surface area contributed by atoms with E-state index in [1.54, 1.807) is 11.3 Å². The monoisotopic (exact) mass is 287 g/mol. The second kappa shape index (κ2) is 6.52. The van der Waals surface area contributed by atoms with Crippen LogP contribution in [0.25, 0.3) is 0 Å². The van der Waals surface area contributed by atoms with Crippen molar-refractivity contribution in [1.82, 2.24) is 10.2 Å². The van der Waals surface area contributed by atoms with Crippen LogP contribution in [0.1, 0.15) is 17.7 Å². The summed E-state index contributed by atoms with van der Waals surface area (Å²) in [6.45, 7) is 3.13. The Morgan fingerprint density at radius 1 is 1.56 bits per heavy atom. The molecule has 1 amide bonds. The molecule has 0 bridgehead atoms. The highest BCUT2D eigenvalue weighted by molar-refractivity contribution is 7.10. The van der Waals surface area contributed by atoms with E-state index < -0.39 is 0 Å². The lowest BCUT2D eigenvalue weighted by molar-refractivity contribution is -0.119. The lowest BCUT2D eigenvalue weighted by Crippen LogP contribution is -2.44. The molecule has 100 valence electrons. The van der Waals surface area contributed by atoms with E-state index in [0.29, 0.717) is 12.6 Å². The molecule has 1 aliphatic rings. The molecule has 2 rings (SSSR count). The van der Waals surface area contributed by atoms with E-state index in [1.165, 1.54) is 4.88 Å². The molecule has 0 saturated carbocycles. The molecule has 1 fully saturated rings. The van der Waals surface area contributed by atoms with Gasteiger partial charge in [0.15, 0.2) is 0 Å². The van der Waals surface area contributed by atoms with Crippen molar-refractivity contribution >= 4 is 28.8 Å². The number of carbonyl (C=O) groups is 1. The Balaban J connectivity index is 1.69. The minimum atomic E-state index is -0.241. The number of hydrogen-bond acceptors (Lipinski definition) is 4. The largest absolute Gasteiger partial charge is 0.369 e. The summed E-state index contributed by atoms with van der Waals surface area (Å²) < 4.78 is 0. The van der Waals surface area contributed by atoms with Gasteiger partial charge in [-0.05, 0) is 18.9 Å². The quantitative estimate of drug-likeness (QED) is 0.862. The molecule has 0 spiro atoms. The van der Waals surface area contributed by atoms with Crippen LogP contribution in [0.15, 0.2) is 11.4 Å². The molecule has 18 heavy (non-hydrogen) atoms. The standard InChI is InChI=1S/C12H18ClN3OS/c13-9-5-11(18-8-9)6-15-10-1-3-16(4-2-10)7-12(14)17/h5,8,10,15H,1-4,6-7H2,(H2,14,17). The molecule has 1 saturated heterocycles. The third-order valence-electron chi connectivity index (χ3n) is 3.15. The van der Waals surface area contributed by atoms with Gasteiger partial charge in [0.25, 0.3) is 0 Å². The SMILES string of the molecule is NC(=O)CN1CCC(NCc2cc(Cl)cs2)CC1. The Morgan fingerprint density at radius 3 is 2.83 bits per heavy atom. The van der Waals surface area contributed by atoms with Crippen LogP contribution in [0.3, 0.4) is 0 Å². The fourth-order valence-electron chi connectivity index (χ4n) is 2.21. The summed E-state index contributed by atoms with van der Waals surface area (Å²) in [5.41, 5.74) is 5.19. The van der Waals surface area contributed by atoms with Gasteiger partial charge in [0, 0.05) is 35.9 Å². The van der Waals surface area contributed by atoms with Crippen molar-refractivity contribution in [3.05, 3.63) is 21.3 Å². The summed E-state index contributed by atoms with van der Waals surface area (Å²) in [6, 6.07) is 2.52. The highest BCUT2D eigenvalue weighted by Crippen LogP contribution is 2.19. The van der Waals surface area contributed by atoms with E-state index in [2.05, 4.69) is 10.2 Å². The average Bonchev–Trinajstić information content (AvgIpc) is 2.74.